The highest BCUT2D eigenvalue weighted by atomic mass is 16.4. The van der Waals surface area contributed by atoms with Gasteiger partial charge in [-0.1, -0.05) is 6.08 Å². The van der Waals surface area contributed by atoms with Gasteiger partial charge in [0, 0.05) is 25.7 Å². The number of carbonyl (C=O) groups excluding carboxylic acids is 2. The second kappa shape index (κ2) is 5.94. The Kier molecular flexibility index (Phi) is 4.26. The fourth-order valence-electron chi connectivity index (χ4n) is 2.39. The summed E-state index contributed by atoms with van der Waals surface area (Å²) in [6.07, 6.45) is 3.17. The summed E-state index contributed by atoms with van der Waals surface area (Å²) >= 11 is 0. The number of hydrogen-bond donors (Lipinski definition) is 2. The number of hydrogen-bond acceptors (Lipinski definition) is 3. The van der Waals surface area contributed by atoms with Crippen molar-refractivity contribution in [2.75, 3.05) is 19.6 Å². The summed E-state index contributed by atoms with van der Waals surface area (Å²) in [5.41, 5.74) is 0. The maximum Gasteiger partial charge on any atom is 0.321 e. The normalized spacial score (nSPS) is 22.1. The van der Waals surface area contributed by atoms with E-state index in [-0.39, 0.29) is 18.5 Å². The first-order valence-electron chi connectivity index (χ1n) is 6.72. The van der Waals surface area contributed by atoms with Gasteiger partial charge in [0.2, 0.25) is 5.91 Å². The summed E-state index contributed by atoms with van der Waals surface area (Å²) in [5.74, 6) is -1.49. The lowest BCUT2D eigenvalue weighted by molar-refractivity contribution is -0.142. The van der Waals surface area contributed by atoms with Crippen LogP contribution in [0.2, 0.25) is 0 Å². The van der Waals surface area contributed by atoms with Gasteiger partial charge in [-0.2, -0.15) is 0 Å². The maximum atomic E-state index is 12.5. The summed E-state index contributed by atoms with van der Waals surface area (Å²) < 4.78 is 0. The van der Waals surface area contributed by atoms with Gasteiger partial charge < -0.3 is 20.2 Å². The zero-order chi connectivity index (χ0) is 14.7. The van der Waals surface area contributed by atoms with Crippen molar-refractivity contribution in [3.8, 4) is 0 Å². The van der Waals surface area contributed by atoms with Crippen LogP contribution in [0, 0.1) is 0 Å². The van der Waals surface area contributed by atoms with Crippen LogP contribution in [0.15, 0.2) is 12.7 Å². The highest BCUT2D eigenvalue weighted by molar-refractivity contribution is 5.91. The molecule has 1 unspecified atom stereocenters. The Morgan fingerprint density at radius 2 is 2.20 bits per heavy atom. The topological polar surface area (TPSA) is 90.0 Å². The molecule has 0 radical (unpaired) electrons. The molecule has 110 valence electrons. The number of amides is 3. The van der Waals surface area contributed by atoms with Crippen LogP contribution in [-0.2, 0) is 9.59 Å². The number of piperazine rings is 1. The molecular formula is C13H19N3O4. The second-order valence-corrected chi connectivity index (χ2v) is 5.05. The molecule has 1 heterocycles. The first kappa shape index (κ1) is 14.4. The molecule has 1 aliphatic heterocycles. The third kappa shape index (κ3) is 3.09. The summed E-state index contributed by atoms with van der Waals surface area (Å²) in [6, 6.07) is -1.01. The lowest BCUT2D eigenvalue weighted by atomic mass is 10.1. The fourth-order valence-corrected chi connectivity index (χ4v) is 2.39. The molecule has 7 nitrogen and oxygen atoms in total. The SMILES string of the molecule is C=CCN(C(=O)N1CCNC(=O)C1CC(=O)O)C1CC1. The Labute approximate surface area is 117 Å². The second-order valence-electron chi connectivity index (χ2n) is 5.05. The van der Waals surface area contributed by atoms with Crippen molar-refractivity contribution in [2.24, 2.45) is 0 Å². The van der Waals surface area contributed by atoms with Crippen molar-refractivity contribution in [3.63, 3.8) is 0 Å². The Bertz CT molecular complexity index is 433. The highest BCUT2D eigenvalue weighted by Crippen LogP contribution is 2.28. The van der Waals surface area contributed by atoms with Crippen molar-refractivity contribution < 1.29 is 19.5 Å². The quantitative estimate of drug-likeness (QED) is 0.696. The fraction of sp³-hybridized carbons (Fsp3) is 0.615. The van der Waals surface area contributed by atoms with E-state index >= 15 is 0 Å². The van der Waals surface area contributed by atoms with Gasteiger partial charge in [0.1, 0.15) is 6.04 Å². The van der Waals surface area contributed by atoms with Gasteiger partial charge in [0.05, 0.1) is 6.42 Å². The van der Waals surface area contributed by atoms with E-state index < -0.39 is 17.9 Å². The van der Waals surface area contributed by atoms with E-state index in [1.807, 2.05) is 0 Å². The number of aliphatic carboxylic acids is 1. The molecule has 1 saturated heterocycles. The number of carbonyl (C=O) groups is 3. The average molecular weight is 281 g/mol. The number of nitrogens with zero attached hydrogens (tertiary/aromatic N) is 2. The molecule has 2 N–H and O–H groups in total. The van der Waals surface area contributed by atoms with E-state index in [0.717, 1.165) is 12.8 Å². The highest BCUT2D eigenvalue weighted by Gasteiger charge is 2.40. The van der Waals surface area contributed by atoms with E-state index in [4.69, 9.17) is 5.11 Å². The smallest absolute Gasteiger partial charge is 0.321 e. The van der Waals surface area contributed by atoms with Crippen molar-refractivity contribution in [1.82, 2.24) is 15.1 Å². The zero-order valence-corrected chi connectivity index (χ0v) is 11.2. The Morgan fingerprint density at radius 3 is 2.75 bits per heavy atom. The lowest BCUT2D eigenvalue weighted by Crippen LogP contribution is -2.60. The van der Waals surface area contributed by atoms with E-state index in [0.29, 0.717) is 19.6 Å². The average Bonchev–Trinajstić information content (AvgIpc) is 3.21. The van der Waals surface area contributed by atoms with E-state index in [2.05, 4.69) is 11.9 Å². The number of urea groups is 1. The predicted molar refractivity (Wildman–Crippen MR) is 71.1 cm³/mol. The molecule has 0 spiro atoms. The molecular weight excluding hydrogens is 262 g/mol. The van der Waals surface area contributed by atoms with Crippen LogP contribution in [-0.4, -0.2) is 64.5 Å². The Balaban J connectivity index is 2.13. The maximum absolute atomic E-state index is 12.5. The third-order valence-electron chi connectivity index (χ3n) is 3.50. The summed E-state index contributed by atoms with van der Waals surface area (Å²) in [7, 11) is 0. The first-order chi connectivity index (χ1) is 9.54. The standard InChI is InChI=1S/C13H19N3O4/c1-2-6-15(9-3-4-9)13(20)16-7-5-14-12(19)10(16)8-11(17)18/h2,9-10H,1,3-8H2,(H,14,19)(H,17,18). The van der Waals surface area contributed by atoms with Gasteiger partial charge in [-0.25, -0.2) is 4.79 Å². The van der Waals surface area contributed by atoms with E-state index in [9.17, 15) is 14.4 Å². The van der Waals surface area contributed by atoms with Crippen molar-refractivity contribution in [2.45, 2.75) is 31.3 Å². The van der Waals surface area contributed by atoms with Crippen molar-refractivity contribution >= 4 is 17.9 Å². The number of carboxylic acid groups (broad SMARTS) is 1. The third-order valence-corrected chi connectivity index (χ3v) is 3.50. The van der Waals surface area contributed by atoms with Gasteiger partial charge in [0.15, 0.2) is 0 Å². The number of nitrogens with one attached hydrogen (secondary N) is 1. The minimum atomic E-state index is -1.09. The van der Waals surface area contributed by atoms with Crippen LogP contribution in [0.5, 0.6) is 0 Å². The van der Waals surface area contributed by atoms with Gasteiger partial charge in [0.25, 0.3) is 0 Å². The molecule has 2 fully saturated rings. The lowest BCUT2D eigenvalue weighted by Gasteiger charge is -2.37. The largest absolute Gasteiger partial charge is 0.481 e. The molecule has 0 aromatic heterocycles. The van der Waals surface area contributed by atoms with Crippen LogP contribution in [0.1, 0.15) is 19.3 Å². The molecule has 0 aromatic carbocycles. The monoisotopic (exact) mass is 281 g/mol. The van der Waals surface area contributed by atoms with Crippen LogP contribution in [0.4, 0.5) is 4.79 Å². The van der Waals surface area contributed by atoms with Crippen LogP contribution in [0.3, 0.4) is 0 Å². The summed E-state index contributed by atoms with van der Waals surface area (Å²) in [5, 5.41) is 11.5. The van der Waals surface area contributed by atoms with Crippen LogP contribution in [0.25, 0.3) is 0 Å². The van der Waals surface area contributed by atoms with Gasteiger partial charge in [-0.05, 0) is 12.8 Å². The number of carboxylic acids is 1. The molecule has 0 bridgehead atoms. The molecule has 2 rings (SSSR count). The molecule has 1 atom stereocenters. The molecule has 1 saturated carbocycles. The van der Waals surface area contributed by atoms with Gasteiger partial charge in [-0.15, -0.1) is 6.58 Å². The summed E-state index contributed by atoms with van der Waals surface area (Å²) in [6.45, 7) is 4.74. The van der Waals surface area contributed by atoms with Gasteiger partial charge in [-0.3, -0.25) is 9.59 Å². The Hall–Kier alpha value is -2.05. The minimum Gasteiger partial charge on any atom is -0.481 e. The summed E-state index contributed by atoms with van der Waals surface area (Å²) in [4.78, 5) is 38.3. The minimum absolute atomic E-state index is 0.191. The van der Waals surface area contributed by atoms with E-state index in [1.54, 1.807) is 11.0 Å². The Morgan fingerprint density at radius 1 is 1.50 bits per heavy atom. The van der Waals surface area contributed by atoms with Crippen molar-refractivity contribution in [3.05, 3.63) is 12.7 Å². The first-order valence-corrected chi connectivity index (χ1v) is 6.72. The molecule has 3 amide bonds. The van der Waals surface area contributed by atoms with Crippen LogP contribution >= 0.6 is 0 Å². The predicted octanol–water partition coefficient (Wildman–Crippen LogP) is 0.0319. The van der Waals surface area contributed by atoms with Gasteiger partial charge >= 0.3 is 12.0 Å². The number of rotatable bonds is 5. The molecule has 0 aromatic rings. The molecule has 20 heavy (non-hydrogen) atoms. The van der Waals surface area contributed by atoms with Crippen LogP contribution < -0.4 is 5.32 Å². The zero-order valence-electron chi connectivity index (χ0n) is 11.2. The van der Waals surface area contributed by atoms with E-state index in [1.165, 1.54) is 4.90 Å². The molecule has 2 aliphatic rings. The molecule has 7 heteroatoms. The molecule has 1 aliphatic carbocycles. The van der Waals surface area contributed by atoms with Crippen molar-refractivity contribution in [1.29, 1.82) is 0 Å².